The quantitative estimate of drug-likeness (QED) is 0.279. The molecule has 0 bridgehead atoms. The number of hydrogen-bond donors (Lipinski definition) is 3. The minimum absolute atomic E-state index is 0. The molecule has 0 aliphatic carbocycles. The molecule has 6 nitrogen and oxygen atoms in total. The van der Waals surface area contributed by atoms with Crippen LogP contribution in [-0.2, 0) is 11.2 Å². The van der Waals surface area contributed by atoms with Crippen LogP contribution in [0.3, 0.4) is 0 Å². The molecule has 7 heteroatoms. The van der Waals surface area contributed by atoms with Gasteiger partial charge in [-0.15, -0.1) is 24.0 Å². The van der Waals surface area contributed by atoms with Crippen LogP contribution in [0.4, 0.5) is 5.69 Å². The van der Waals surface area contributed by atoms with E-state index < -0.39 is 0 Å². The maximum atomic E-state index is 11.3. The number of amides is 1. The van der Waals surface area contributed by atoms with Crippen molar-refractivity contribution in [1.29, 1.82) is 0 Å². The zero-order valence-corrected chi connectivity index (χ0v) is 16.0. The predicted molar refractivity (Wildman–Crippen MR) is 104 cm³/mol. The summed E-state index contributed by atoms with van der Waals surface area (Å²) < 4.78 is 5.73. The minimum atomic E-state index is 0. The van der Waals surface area contributed by atoms with E-state index in [1.54, 1.807) is 0 Å². The topological polar surface area (TPSA) is 74.8 Å². The Morgan fingerprint density at radius 2 is 2.00 bits per heavy atom. The Kier molecular flexibility index (Phi) is 8.75. The van der Waals surface area contributed by atoms with E-state index in [0.717, 1.165) is 42.5 Å². The molecule has 1 aromatic rings. The Bertz CT molecular complexity index is 541. The highest BCUT2D eigenvalue weighted by molar-refractivity contribution is 14.0. The fourth-order valence-corrected chi connectivity index (χ4v) is 2.28. The van der Waals surface area contributed by atoms with Gasteiger partial charge in [0.25, 0.3) is 0 Å². The molecule has 23 heavy (non-hydrogen) atoms. The fraction of sp³-hybridized carbons (Fsp3) is 0.500. The lowest BCUT2D eigenvalue weighted by molar-refractivity contribution is -0.116. The van der Waals surface area contributed by atoms with Crippen molar-refractivity contribution in [3.63, 3.8) is 0 Å². The van der Waals surface area contributed by atoms with Gasteiger partial charge in [-0.1, -0.05) is 0 Å². The SMILES string of the molecule is CCNC(=NCCOc1ccc2c(c1)CCC(=O)N2)NCC.I. The highest BCUT2D eigenvalue weighted by atomic mass is 127. The van der Waals surface area contributed by atoms with Gasteiger partial charge in [0.05, 0.1) is 6.54 Å². The predicted octanol–water partition coefficient (Wildman–Crippen LogP) is 2.14. The van der Waals surface area contributed by atoms with Gasteiger partial charge in [-0.25, -0.2) is 4.99 Å². The molecule has 1 amide bonds. The maximum absolute atomic E-state index is 11.3. The number of rotatable bonds is 6. The van der Waals surface area contributed by atoms with Crippen LogP contribution in [0.5, 0.6) is 5.75 Å². The van der Waals surface area contributed by atoms with Crippen LogP contribution in [-0.4, -0.2) is 38.1 Å². The van der Waals surface area contributed by atoms with E-state index in [0.29, 0.717) is 19.6 Å². The molecule has 0 radical (unpaired) electrons. The molecule has 1 heterocycles. The number of hydrogen-bond acceptors (Lipinski definition) is 3. The Morgan fingerprint density at radius 3 is 2.70 bits per heavy atom. The molecule has 128 valence electrons. The second kappa shape index (κ2) is 10.3. The van der Waals surface area contributed by atoms with Crippen molar-refractivity contribution >= 4 is 41.5 Å². The first-order valence-corrected chi connectivity index (χ1v) is 7.80. The van der Waals surface area contributed by atoms with Crippen LogP contribution in [0.15, 0.2) is 23.2 Å². The molecule has 1 aromatic carbocycles. The molecule has 1 aliphatic heterocycles. The number of aliphatic imine (C=N–C) groups is 1. The van der Waals surface area contributed by atoms with Crippen molar-refractivity contribution in [2.24, 2.45) is 4.99 Å². The third kappa shape index (κ3) is 6.25. The van der Waals surface area contributed by atoms with Crippen molar-refractivity contribution in [1.82, 2.24) is 10.6 Å². The van der Waals surface area contributed by atoms with E-state index in [4.69, 9.17) is 4.74 Å². The van der Waals surface area contributed by atoms with Crippen molar-refractivity contribution in [2.75, 3.05) is 31.6 Å². The molecular weight excluding hydrogens is 407 g/mol. The van der Waals surface area contributed by atoms with E-state index in [1.165, 1.54) is 0 Å². The van der Waals surface area contributed by atoms with Crippen molar-refractivity contribution in [3.8, 4) is 5.75 Å². The largest absolute Gasteiger partial charge is 0.492 e. The Labute approximate surface area is 154 Å². The summed E-state index contributed by atoms with van der Waals surface area (Å²) in [5, 5.41) is 9.21. The molecule has 0 unspecified atom stereocenters. The van der Waals surface area contributed by atoms with Gasteiger partial charge < -0.3 is 20.7 Å². The zero-order chi connectivity index (χ0) is 15.8. The smallest absolute Gasteiger partial charge is 0.224 e. The second-order valence-electron chi connectivity index (χ2n) is 5.01. The van der Waals surface area contributed by atoms with Gasteiger partial charge in [-0.3, -0.25) is 4.79 Å². The minimum Gasteiger partial charge on any atom is -0.492 e. The van der Waals surface area contributed by atoms with Crippen molar-refractivity contribution < 1.29 is 9.53 Å². The number of nitrogens with zero attached hydrogens (tertiary/aromatic N) is 1. The van der Waals surface area contributed by atoms with E-state index in [9.17, 15) is 4.79 Å². The van der Waals surface area contributed by atoms with E-state index in [1.807, 2.05) is 32.0 Å². The number of halogens is 1. The second-order valence-corrected chi connectivity index (χ2v) is 5.01. The molecule has 0 atom stereocenters. The standard InChI is InChI=1S/C16H24N4O2.HI/c1-3-17-16(18-4-2)19-9-10-22-13-6-7-14-12(11-13)5-8-15(21)20-14;/h6-7,11H,3-5,8-10H2,1-2H3,(H,20,21)(H2,17,18,19);1H. The van der Waals surface area contributed by atoms with Crippen LogP contribution in [0.2, 0.25) is 0 Å². The zero-order valence-electron chi connectivity index (χ0n) is 13.6. The molecule has 2 rings (SSSR count). The highest BCUT2D eigenvalue weighted by Crippen LogP contribution is 2.26. The van der Waals surface area contributed by atoms with Gasteiger partial charge in [0.1, 0.15) is 12.4 Å². The molecule has 0 saturated heterocycles. The van der Waals surface area contributed by atoms with Crippen LogP contribution < -0.4 is 20.7 Å². The first-order valence-electron chi connectivity index (χ1n) is 7.80. The van der Waals surface area contributed by atoms with E-state index in [2.05, 4.69) is 20.9 Å². The number of ether oxygens (including phenoxy) is 1. The van der Waals surface area contributed by atoms with Crippen LogP contribution in [0.25, 0.3) is 0 Å². The number of benzene rings is 1. The molecular formula is C16H25IN4O2. The van der Waals surface area contributed by atoms with Gasteiger partial charge in [-0.05, 0) is 44.0 Å². The Hall–Kier alpha value is -1.51. The number of aryl methyl sites for hydroxylation is 1. The van der Waals surface area contributed by atoms with Crippen molar-refractivity contribution in [2.45, 2.75) is 26.7 Å². The average Bonchev–Trinajstić information content (AvgIpc) is 2.52. The number of anilines is 1. The summed E-state index contributed by atoms with van der Waals surface area (Å²) in [4.78, 5) is 15.8. The number of fused-ring (bicyclic) bond motifs is 1. The van der Waals surface area contributed by atoms with E-state index >= 15 is 0 Å². The first kappa shape index (κ1) is 19.5. The van der Waals surface area contributed by atoms with Crippen molar-refractivity contribution in [3.05, 3.63) is 23.8 Å². The van der Waals surface area contributed by atoms with Crippen LogP contribution in [0.1, 0.15) is 25.8 Å². The summed E-state index contributed by atoms with van der Waals surface area (Å²) in [6.45, 7) is 6.85. The number of guanidine groups is 1. The molecule has 0 aromatic heterocycles. The Morgan fingerprint density at radius 1 is 1.26 bits per heavy atom. The third-order valence-electron chi connectivity index (χ3n) is 3.29. The fourth-order valence-electron chi connectivity index (χ4n) is 2.28. The lowest BCUT2D eigenvalue weighted by Crippen LogP contribution is -2.37. The lowest BCUT2D eigenvalue weighted by Gasteiger charge is -2.17. The van der Waals surface area contributed by atoms with Gasteiger partial charge in [-0.2, -0.15) is 0 Å². The Balaban J connectivity index is 0.00000264. The summed E-state index contributed by atoms with van der Waals surface area (Å²) in [6.07, 6.45) is 1.30. The normalized spacial score (nSPS) is 12.3. The molecule has 3 N–H and O–H groups in total. The number of nitrogens with one attached hydrogen (secondary N) is 3. The van der Waals surface area contributed by atoms with E-state index in [-0.39, 0.29) is 29.9 Å². The average molecular weight is 432 g/mol. The summed E-state index contributed by atoms with van der Waals surface area (Å²) in [5.74, 6) is 1.70. The molecule has 1 aliphatic rings. The highest BCUT2D eigenvalue weighted by Gasteiger charge is 2.14. The molecule has 0 spiro atoms. The lowest BCUT2D eigenvalue weighted by atomic mass is 10.0. The van der Waals surface area contributed by atoms with Gasteiger partial charge in [0.15, 0.2) is 5.96 Å². The summed E-state index contributed by atoms with van der Waals surface area (Å²) in [6, 6.07) is 5.77. The van der Waals surface area contributed by atoms with Gasteiger partial charge >= 0.3 is 0 Å². The summed E-state index contributed by atoms with van der Waals surface area (Å²) in [7, 11) is 0. The van der Waals surface area contributed by atoms with Gasteiger partial charge in [0.2, 0.25) is 5.91 Å². The van der Waals surface area contributed by atoms with Crippen LogP contribution in [0, 0.1) is 0 Å². The number of carbonyl (C=O) groups is 1. The maximum Gasteiger partial charge on any atom is 0.224 e. The summed E-state index contributed by atoms with van der Waals surface area (Å²) in [5.41, 5.74) is 2.02. The molecule has 0 fully saturated rings. The first-order chi connectivity index (χ1) is 10.7. The van der Waals surface area contributed by atoms with Crippen LogP contribution >= 0.6 is 24.0 Å². The van der Waals surface area contributed by atoms with Gasteiger partial charge in [0, 0.05) is 25.2 Å². The third-order valence-corrected chi connectivity index (χ3v) is 3.29. The monoisotopic (exact) mass is 432 g/mol. The summed E-state index contributed by atoms with van der Waals surface area (Å²) >= 11 is 0. The number of carbonyl (C=O) groups excluding carboxylic acids is 1. The molecule has 0 saturated carbocycles.